The number of nitrogens with two attached hydrogens (primary N) is 1. The Morgan fingerprint density at radius 3 is 2.33 bits per heavy atom. The van der Waals surface area contributed by atoms with Crippen LogP contribution in [0.2, 0.25) is 0 Å². The summed E-state index contributed by atoms with van der Waals surface area (Å²) < 4.78 is 0. The molecule has 0 aliphatic heterocycles. The molecule has 3 N–H and O–H groups in total. The lowest BCUT2D eigenvalue weighted by Crippen LogP contribution is -2.35. The van der Waals surface area contributed by atoms with Crippen LogP contribution in [0, 0.1) is 0 Å². The van der Waals surface area contributed by atoms with E-state index < -0.39 is 0 Å². The van der Waals surface area contributed by atoms with E-state index in [2.05, 4.69) is 10.3 Å². The van der Waals surface area contributed by atoms with Crippen molar-refractivity contribution in [3.63, 3.8) is 0 Å². The van der Waals surface area contributed by atoms with Crippen molar-refractivity contribution in [3.05, 3.63) is 66.0 Å². The molecule has 1 amide bonds. The van der Waals surface area contributed by atoms with Gasteiger partial charge in [-0.05, 0) is 24.1 Å². The Kier molecular flexibility index (Phi) is 9.37. The summed E-state index contributed by atoms with van der Waals surface area (Å²) in [7, 11) is 0. The molecular weight excluding hydrogens is 309 g/mol. The first-order valence-electron chi connectivity index (χ1n) is 6.24. The Bertz CT molecular complexity index is 523. The second kappa shape index (κ2) is 10.2. The number of pyridine rings is 1. The van der Waals surface area contributed by atoms with Crippen molar-refractivity contribution >= 4 is 30.7 Å². The van der Waals surface area contributed by atoms with Crippen molar-refractivity contribution < 1.29 is 4.79 Å². The zero-order valence-electron chi connectivity index (χ0n) is 11.4. The average molecular weight is 328 g/mol. The summed E-state index contributed by atoms with van der Waals surface area (Å²) in [6, 6.07) is 15.5. The lowest BCUT2D eigenvalue weighted by molar-refractivity contribution is -0.120. The molecule has 2 aromatic rings. The third-order valence-electron chi connectivity index (χ3n) is 2.85. The number of carbonyl (C=O) groups is 1. The molecule has 0 saturated heterocycles. The van der Waals surface area contributed by atoms with Crippen LogP contribution in [0.25, 0.3) is 0 Å². The number of nitrogens with zero attached hydrogens (tertiary/aromatic N) is 1. The summed E-state index contributed by atoms with van der Waals surface area (Å²) in [6.45, 7) is -0.0158. The second-order valence-electron chi connectivity index (χ2n) is 4.27. The number of nitrogens with one attached hydrogen (secondary N) is 1. The molecule has 6 heteroatoms. The smallest absolute Gasteiger partial charge is 0.234 e. The Morgan fingerprint density at radius 1 is 1.10 bits per heavy atom. The van der Waals surface area contributed by atoms with E-state index in [1.807, 2.05) is 48.5 Å². The van der Waals surface area contributed by atoms with E-state index in [0.717, 1.165) is 11.3 Å². The lowest BCUT2D eigenvalue weighted by atomic mass is 10.0. The van der Waals surface area contributed by atoms with Gasteiger partial charge in [-0.2, -0.15) is 0 Å². The quantitative estimate of drug-likeness (QED) is 0.885. The maximum Gasteiger partial charge on any atom is 0.234 e. The van der Waals surface area contributed by atoms with Gasteiger partial charge in [0.25, 0.3) is 0 Å². The van der Waals surface area contributed by atoms with Gasteiger partial charge in [0.1, 0.15) is 0 Å². The molecule has 0 bridgehead atoms. The molecular formula is C15H19Cl2N3O. The molecule has 0 aliphatic rings. The van der Waals surface area contributed by atoms with Gasteiger partial charge in [-0.15, -0.1) is 24.8 Å². The van der Waals surface area contributed by atoms with Crippen LogP contribution in [0.3, 0.4) is 0 Å². The number of halogens is 2. The number of hydrogen-bond acceptors (Lipinski definition) is 3. The minimum Gasteiger partial charge on any atom is -0.346 e. The van der Waals surface area contributed by atoms with Crippen molar-refractivity contribution in [1.82, 2.24) is 10.3 Å². The van der Waals surface area contributed by atoms with Crippen molar-refractivity contribution in [1.29, 1.82) is 0 Å². The van der Waals surface area contributed by atoms with Crippen LogP contribution in [-0.4, -0.2) is 17.4 Å². The van der Waals surface area contributed by atoms with Crippen molar-refractivity contribution in [2.75, 3.05) is 6.54 Å². The van der Waals surface area contributed by atoms with Crippen molar-refractivity contribution in [2.24, 2.45) is 5.73 Å². The van der Waals surface area contributed by atoms with E-state index >= 15 is 0 Å². The van der Waals surface area contributed by atoms with E-state index in [-0.39, 0.29) is 43.3 Å². The maximum atomic E-state index is 11.5. The Morgan fingerprint density at radius 2 is 1.76 bits per heavy atom. The van der Waals surface area contributed by atoms with Gasteiger partial charge >= 0.3 is 0 Å². The molecule has 1 atom stereocenters. The van der Waals surface area contributed by atoms with E-state index in [1.54, 1.807) is 6.20 Å². The number of hydrogen-bond donors (Lipinski definition) is 2. The SMILES string of the molecule is Cl.Cl.NCC(=O)NC(Cc1ccccc1)c1ccccn1. The number of carbonyl (C=O) groups excluding carboxylic acids is 1. The second-order valence-corrected chi connectivity index (χ2v) is 4.27. The largest absolute Gasteiger partial charge is 0.346 e. The van der Waals surface area contributed by atoms with Crippen LogP contribution >= 0.6 is 24.8 Å². The van der Waals surface area contributed by atoms with Crippen molar-refractivity contribution in [2.45, 2.75) is 12.5 Å². The topological polar surface area (TPSA) is 68.0 Å². The Labute approximate surface area is 137 Å². The molecule has 0 saturated carbocycles. The highest BCUT2D eigenvalue weighted by atomic mass is 35.5. The predicted molar refractivity (Wildman–Crippen MR) is 88.8 cm³/mol. The summed E-state index contributed by atoms with van der Waals surface area (Å²) in [5.41, 5.74) is 7.35. The zero-order chi connectivity index (χ0) is 13.5. The molecule has 0 spiro atoms. The summed E-state index contributed by atoms with van der Waals surface area (Å²) in [6.07, 6.45) is 2.42. The molecule has 1 aromatic carbocycles. The summed E-state index contributed by atoms with van der Waals surface area (Å²) in [5, 5.41) is 2.91. The molecule has 21 heavy (non-hydrogen) atoms. The molecule has 4 nitrogen and oxygen atoms in total. The zero-order valence-corrected chi connectivity index (χ0v) is 13.1. The average Bonchev–Trinajstić information content (AvgIpc) is 2.48. The highest BCUT2D eigenvalue weighted by molar-refractivity contribution is 5.85. The molecule has 2 rings (SSSR count). The van der Waals surface area contributed by atoms with Gasteiger partial charge in [0.2, 0.25) is 5.91 Å². The van der Waals surface area contributed by atoms with Crippen LogP contribution in [0.4, 0.5) is 0 Å². The van der Waals surface area contributed by atoms with E-state index in [9.17, 15) is 4.79 Å². The molecule has 0 aliphatic carbocycles. The van der Waals surface area contributed by atoms with Crippen molar-refractivity contribution in [3.8, 4) is 0 Å². The van der Waals surface area contributed by atoms with Crippen LogP contribution in [0.15, 0.2) is 54.7 Å². The number of amides is 1. The third-order valence-corrected chi connectivity index (χ3v) is 2.85. The van der Waals surface area contributed by atoms with Crippen LogP contribution in [0.1, 0.15) is 17.3 Å². The Balaban J connectivity index is 0.00000200. The van der Waals surface area contributed by atoms with E-state index in [0.29, 0.717) is 6.42 Å². The molecule has 0 fully saturated rings. The first-order valence-corrected chi connectivity index (χ1v) is 6.24. The van der Waals surface area contributed by atoms with Gasteiger partial charge < -0.3 is 11.1 Å². The minimum absolute atomic E-state index is 0. The first kappa shape index (κ1) is 19.4. The Hall–Kier alpha value is -1.62. The van der Waals surface area contributed by atoms with Gasteiger partial charge in [-0.1, -0.05) is 36.4 Å². The van der Waals surface area contributed by atoms with Crippen LogP contribution < -0.4 is 11.1 Å². The third kappa shape index (κ3) is 6.12. The lowest BCUT2D eigenvalue weighted by Gasteiger charge is -2.18. The summed E-state index contributed by atoms with van der Waals surface area (Å²) in [5.74, 6) is -0.174. The molecule has 1 aromatic heterocycles. The van der Waals surface area contributed by atoms with E-state index in [1.165, 1.54) is 0 Å². The number of rotatable bonds is 5. The fourth-order valence-corrected chi connectivity index (χ4v) is 1.91. The highest BCUT2D eigenvalue weighted by Gasteiger charge is 2.15. The fraction of sp³-hybridized carbons (Fsp3) is 0.200. The molecule has 0 radical (unpaired) electrons. The minimum atomic E-state index is -0.174. The van der Waals surface area contributed by atoms with Gasteiger partial charge in [-0.25, -0.2) is 0 Å². The first-order chi connectivity index (χ1) is 9.29. The fourth-order valence-electron chi connectivity index (χ4n) is 1.91. The number of aromatic nitrogens is 1. The summed E-state index contributed by atoms with van der Waals surface area (Å²) >= 11 is 0. The maximum absolute atomic E-state index is 11.5. The van der Waals surface area contributed by atoms with Crippen LogP contribution in [-0.2, 0) is 11.2 Å². The number of benzene rings is 1. The summed E-state index contributed by atoms with van der Waals surface area (Å²) in [4.78, 5) is 15.8. The molecule has 1 heterocycles. The molecule has 1 unspecified atom stereocenters. The highest BCUT2D eigenvalue weighted by Crippen LogP contribution is 2.16. The molecule has 114 valence electrons. The predicted octanol–water partition coefficient (Wildman–Crippen LogP) is 2.28. The van der Waals surface area contributed by atoms with Crippen LogP contribution in [0.5, 0.6) is 0 Å². The monoisotopic (exact) mass is 327 g/mol. The van der Waals surface area contributed by atoms with Gasteiger partial charge in [0.05, 0.1) is 18.3 Å². The standard InChI is InChI=1S/C15H17N3O.2ClH/c16-11-15(19)18-14(13-8-4-5-9-17-13)10-12-6-2-1-3-7-12;;/h1-9,14H,10-11,16H2,(H,18,19);2*1H. The van der Waals surface area contributed by atoms with Gasteiger partial charge in [-0.3, -0.25) is 9.78 Å². The van der Waals surface area contributed by atoms with Gasteiger partial charge in [0, 0.05) is 6.20 Å². The normalized spacial score (nSPS) is 10.7. The van der Waals surface area contributed by atoms with E-state index in [4.69, 9.17) is 5.73 Å². The van der Waals surface area contributed by atoms with Gasteiger partial charge in [0.15, 0.2) is 0 Å².